The number of nitrogens with two attached hydrogens (primary N) is 1. The molecule has 2 amide bonds. The molecule has 5 nitrogen and oxygen atoms in total. The van der Waals surface area contributed by atoms with Crippen molar-refractivity contribution in [3.63, 3.8) is 0 Å². The molecule has 0 aromatic heterocycles. The monoisotopic (exact) mass is 332 g/mol. The molecule has 0 heterocycles. The summed E-state index contributed by atoms with van der Waals surface area (Å²) in [4.78, 5) is 22.0. The summed E-state index contributed by atoms with van der Waals surface area (Å²) in [6, 6.07) is 4.59. The molecule has 1 aromatic carbocycles. The van der Waals surface area contributed by atoms with E-state index in [0.717, 1.165) is 12.8 Å². The summed E-state index contributed by atoms with van der Waals surface area (Å²) in [5.41, 5.74) is 5.54. The van der Waals surface area contributed by atoms with Crippen LogP contribution in [0.15, 0.2) is 18.2 Å². The Balaban J connectivity index is 2.18. The molecule has 0 aliphatic heterocycles. The van der Waals surface area contributed by atoms with E-state index in [1.54, 1.807) is 18.2 Å². The van der Waals surface area contributed by atoms with Crippen LogP contribution in [0.25, 0.3) is 0 Å². The van der Waals surface area contributed by atoms with Crippen LogP contribution in [0, 0.1) is 0 Å². The molecule has 1 rings (SSSR count). The van der Waals surface area contributed by atoms with Crippen LogP contribution in [0.3, 0.4) is 0 Å². The SMILES string of the molecule is NC(=O)NCCCCCC(=O)OCc1c(Cl)cccc1Cl. The summed E-state index contributed by atoms with van der Waals surface area (Å²) < 4.78 is 5.14. The highest BCUT2D eigenvalue weighted by molar-refractivity contribution is 6.35. The van der Waals surface area contributed by atoms with Crippen LogP contribution in [0.1, 0.15) is 31.2 Å². The van der Waals surface area contributed by atoms with Gasteiger partial charge < -0.3 is 15.8 Å². The molecule has 7 heteroatoms. The Labute approximate surface area is 133 Å². The number of unbranched alkanes of at least 4 members (excludes halogenated alkanes) is 2. The lowest BCUT2D eigenvalue weighted by Crippen LogP contribution is -2.29. The normalized spacial score (nSPS) is 10.2. The fourth-order valence-corrected chi connectivity index (χ4v) is 2.18. The van der Waals surface area contributed by atoms with Gasteiger partial charge in [-0.2, -0.15) is 0 Å². The maximum absolute atomic E-state index is 11.6. The molecule has 0 aliphatic rings. The van der Waals surface area contributed by atoms with E-state index in [4.69, 9.17) is 33.7 Å². The highest BCUT2D eigenvalue weighted by atomic mass is 35.5. The summed E-state index contributed by atoms with van der Waals surface area (Å²) in [7, 11) is 0. The molecule has 21 heavy (non-hydrogen) atoms. The summed E-state index contributed by atoms with van der Waals surface area (Å²) in [5.74, 6) is -0.297. The zero-order chi connectivity index (χ0) is 15.7. The van der Waals surface area contributed by atoms with Gasteiger partial charge in [-0.3, -0.25) is 4.79 Å². The molecule has 0 unspecified atom stereocenters. The molecular formula is C14H18Cl2N2O3. The number of nitrogens with one attached hydrogen (secondary N) is 1. The zero-order valence-electron chi connectivity index (χ0n) is 11.5. The first-order valence-electron chi connectivity index (χ1n) is 6.62. The van der Waals surface area contributed by atoms with Crippen molar-refractivity contribution in [1.29, 1.82) is 0 Å². The van der Waals surface area contributed by atoms with Gasteiger partial charge in [0.05, 0.1) is 0 Å². The van der Waals surface area contributed by atoms with Crippen molar-refractivity contribution in [3.05, 3.63) is 33.8 Å². The van der Waals surface area contributed by atoms with Crippen molar-refractivity contribution in [1.82, 2.24) is 5.32 Å². The van der Waals surface area contributed by atoms with Gasteiger partial charge in [0.2, 0.25) is 0 Å². The van der Waals surface area contributed by atoms with Crippen molar-refractivity contribution in [2.45, 2.75) is 32.3 Å². The van der Waals surface area contributed by atoms with Crippen LogP contribution in [0.4, 0.5) is 4.79 Å². The molecule has 0 aliphatic carbocycles. The number of esters is 1. The Morgan fingerprint density at radius 2 is 1.81 bits per heavy atom. The lowest BCUT2D eigenvalue weighted by molar-refractivity contribution is -0.145. The second kappa shape index (κ2) is 9.47. The van der Waals surface area contributed by atoms with E-state index in [9.17, 15) is 9.59 Å². The molecule has 3 N–H and O–H groups in total. The highest BCUT2D eigenvalue weighted by Gasteiger charge is 2.09. The Kier molecular flexibility index (Phi) is 7.93. The van der Waals surface area contributed by atoms with Gasteiger partial charge in [-0.1, -0.05) is 35.7 Å². The van der Waals surface area contributed by atoms with Crippen molar-refractivity contribution < 1.29 is 14.3 Å². The number of amides is 2. The lowest BCUT2D eigenvalue weighted by atomic mass is 10.2. The summed E-state index contributed by atoms with van der Waals surface area (Å²) in [5, 5.41) is 3.45. The van der Waals surface area contributed by atoms with Crippen LogP contribution in [-0.4, -0.2) is 18.5 Å². The summed E-state index contributed by atoms with van der Waals surface area (Å²) in [6.07, 6.45) is 2.59. The quantitative estimate of drug-likeness (QED) is 0.566. The van der Waals surface area contributed by atoms with Gasteiger partial charge in [0, 0.05) is 28.6 Å². The first-order valence-corrected chi connectivity index (χ1v) is 7.38. The van der Waals surface area contributed by atoms with E-state index in [1.165, 1.54) is 0 Å². The number of carbonyl (C=O) groups excluding carboxylic acids is 2. The van der Waals surface area contributed by atoms with Crippen LogP contribution in [-0.2, 0) is 16.1 Å². The Morgan fingerprint density at radius 3 is 2.43 bits per heavy atom. The summed E-state index contributed by atoms with van der Waals surface area (Å²) in [6.45, 7) is 0.584. The molecule has 0 fully saturated rings. The molecule has 116 valence electrons. The third kappa shape index (κ3) is 7.20. The fourth-order valence-electron chi connectivity index (χ4n) is 1.68. The number of hydrogen-bond donors (Lipinski definition) is 2. The molecule has 1 aromatic rings. The maximum atomic E-state index is 11.6. The highest BCUT2D eigenvalue weighted by Crippen LogP contribution is 2.25. The maximum Gasteiger partial charge on any atom is 0.312 e. The van der Waals surface area contributed by atoms with E-state index < -0.39 is 6.03 Å². The molecule has 0 saturated heterocycles. The average Bonchev–Trinajstić information content (AvgIpc) is 2.41. The number of rotatable bonds is 8. The average molecular weight is 333 g/mol. The van der Waals surface area contributed by atoms with Crippen molar-refractivity contribution >= 4 is 35.2 Å². The third-order valence-corrected chi connectivity index (χ3v) is 3.50. The van der Waals surface area contributed by atoms with Crippen LogP contribution in [0.5, 0.6) is 0 Å². The second-order valence-corrected chi connectivity index (χ2v) is 5.28. The number of urea groups is 1. The largest absolute Gasteiger partial charge is 0.461 e. The van der Waals surface area contributed by atoms with Crippen LogP contribution >= 0.6 is 23.2 Å². The van der Waals surface area contributed by atoms with Crippen LogP contribution < -0.4 is 11.1 Å². The number of halogens is 2. The zero-order valence-corrected chi connectivity index (χ0v) is 13.0. The Morgan fingerprint density at radius 1 is 1.14 bits per heavy atom. The smallest absolute Gasteiger partial charge is 0.312 e. The number of carbonyl (C=O) groups is 2. The molecule has 0 atom stereocenters. The van der Waals surface area contributed by atoms with Gasteiger partial charge in [-0.25, -0.2) is 4.79 Å². The predicted molar refractivity (Wildman–Crippen MR) is 82.3 cm³/mol. The third-order valence-electron chi connectivity index (χ3n) is 2.80. The first-order chi connectivity index (χ1) is 10.0. The standard InChI is InChI=1S/C14H18Cl2N2O3/c15-11-5-4-6-12(16)10(11)9-21-13(19)7-2-1-3-8-18-14(17)20/h4-6H,1-3,7-9H2,(H3,17,18,20). The molecular weight excluding hydrogens is 315 g/mol. The van der Waals surface area contributed by atoms with Gasteiger partial charge in [-0.15, -0.1) is 0 Å². The molecule has 0 saturated carbocycles. The van der Waals surface area contributed by atoms with E-state index in [-0.39, 0.29) is 12.6 Å². The second-order valence-electron chi connectivity index (χ2n) is 4.46. The Hall–Kier alpha value is -1.46. The minimum absolute atomic E-state index is 0.0700. The number of hydrogen-bond acceptors (Lipinski definition) is 3. The molecule has 0 radical (unpaired) electrons. The topological polar surface area (TPSA) is 81.4 Å². The van der Waals surface area contributed by atoms with Gasteiger partial charge >= 0.3 is 12.0 Å². The molecule has 0 bridgehead atoms. The minimum atomic E-state index is -0.536. The first kappa shape index (κ1) is 17.6. The van der Waals surface area contributed by atoms with Crippen LogP contribution in [0.2, 0.25) is 10.0 Å². The van der Waals surface area contributed by atoms with E-state index in [1.807, 2.05) is 0 Å². The van der Waals surface area contributed by atoms with E-state index >= 15 is 0 Å². The number of benzene rings is 1. The summed E-state index contributed by atoms with van der Waals surface area (Å²) >= 11 is 12.0. The Bertz CT molecular complexity index is 475. The van der Waals surface area contributed by atoms with Crippen molar-refractivity contribution in [2.75, 3.05) is 6.54 Å². The van der Waals surface area contributed by atoms with Gasteiger partial charge in [0.25, 0.3) is 0 Å². The van der Waals surface area contributed by atoms with Crippen molar-refractivity contribution in [3.8, 4) is 0 Å². The van der Waals surface area contributed by atoms with Gasteiger partial charge in [-0.05, 0) is 25.0 Å². The predicted octanol–water partition coefficient (Wildman–Crippen LogP) is 3.27. The minimum Gasteiger partial charge on any atom is -0.461 e. The van der Waals surface area contributed by atoms with Crippen molar-refractivity contribution in [2.24, 2.45) is 5.73 Å². The number of ether oxygens (including phenoxy) is 1. The van der Waals surface area contributed by atoms with Gasteiger partial charge in [0.1, 0.15) is 6.61 Å². The molecule has 0 spiro atoms. The van der Waals surface area contributed by atoms with E-state index in [2.05, 4.69) is 5.32 Å². The van der Waals surface area contributed by atoms with E-state index in [0.29, 0.717) is 35.0 Å². The number of primary amides is 1. The van der Waals surface area contributed by atoms with Gasteiger partial charge in [0.15, 0.2) is 0 Å². The lowest BCUT2D eigenvalue weighted by Gasteiger charge is -2.08. The fraction of sp³-hybridized carbons (Fsp3) is 0.429.